The molecule has 0 atom stereocenters. The number of amides is 2. The zero-order valence-corrected chi connectivity index (χ0v) is 11.0. The van der Waals surface area contributed by atoms with Crippen molar-refractivity contribution < 1.29 is 9.59 Å². The summed E-state index contributed by atoms with van der Waals surface area (Å²) in [5.74, 6) is -0.419. The molecular formula is C13H19N3O2. The molecule has 0 saturated heterocycles. The van der Waals surface area contributed by atoms with Gasteiger partial charge in [0.1, 0.15) is 0 Å². The monoisotopic (exact) mass is 249 g/mol. The molecule has 0 unspecified atom stereocenters. The third kappa shape index (κ3) is 3.23. The first-order valence-electron chi connectivity index (χ1n) is 5.84. The number of likely N-dealkylation sites (N-methyl/N-ethyl adjacent to an activating group) is 2. The highest BCUT2D eigenvalue weighted by molar-refractivity contribution is 6.01. The summed E-state index contributed by atoms with van der Waals surface area (Å²) in [4.78, 5) is 25.0. The minimum atomic E-state index is -0.239. The van der Waals surface area contributed by atoms with Gasteiger partial charge in [0.15, 0.2) is 0 Å². The summed E-state index contributed by atoms with van der Waals surface area (Å²) in [5, 5.41) is 2.65. The van der Waals surface area contributed by atoms with Gasteiger partial charge >= 0.3 is 0 Å². The molecule has 0 aliphatic carbocycles. The van der Waals surface area contributed by atoms with Crippen molar-refractivity contribution in [2.45, 2.75) is 13.8 Å². The molecule has 98 valence electrons. The highest BCUT2D eigenvalue weighted by Crippen LogP contribution is 2.17. The Bertz CT molecular complexity index is 437. The van der Waals surface area contributed by atoms with E-state index < -0.39 is 0 Å². The number of aryl methyl sites for hydroxylation is 1. The molecule has 0 aromatic heterocycles. The van der Waals surface area contributed by atoms with Gasteiger partial charge in [-0.15, -0.1) is 0 Å². The first-order valence-corrected chi connectivity index (χ1v) is 5.84. The van der Waals surface area contributed by atoms with E-state index in [1.165, 1.54) is 4.90 Å². The van der Waals surface area contributed by atoms with Crippen molar-refractivity contribution in [3.05, 3.63) is 29.3 Å². The van der Waals surface area contributed by atoms with Crippen molar-refractivity contribution in [2.75, 3.05) is 25.9 Å². The average Bonchev–Trinajstić information content (AvgIpc) is 2.28. The van der Waals surface area contributed by atoms with E-state index in [0.29, 0.717) is 17.8 Å². The van der Waals surface area contributed by atoms with E-state index in [9.17, 15) is 9.59 Å². The van der Waals surface area contributed by atoms with Gasteiger partial charge in [-0.3, -0.25) is 9.59 Å². The van der Waals surface area contributed by atoms with Gasteiger partial charge in [0.2, 0.25) is 5.91 Å². The van der Waals surface area contributed by atoms with Crippen molar-refractivity contribution in [1.29, 1.82) is 0 Å². The van der Waals surface area contributed by atoms with E-state index in [-0.39, 0.29) is 18.4 Å². The Kier molecular flexibility index (Phi) is 4.71. The van der Waals surface area contributed by atoms with E-state index in [0.717, 1.165) is 5.56 Å². The predicted octanol–water partition coefficient (Wildman–Crippen LogP) is 0.785. The predicted molar refractivity (Wildman–Crippen MR) is 71.2 cm³/mol. The van der Waals surface area contributed by atoms with E-state index in [1.807, 2.05) is 19.9 Å². The zero-order chi connectivity index (χ0) is 13.7. The number of anilines is 1. The van der Waals surface area contributed by atoms with Crippen LogP contribution < -0.4 is 11.1 Å². The Labute approximate surface area is 107 Å². The second kappa shape index (κ2) is 6.05. The minimum Gasteiger partial charge on any atom is -0.398 e. The second-order valence-corrected chi connectivity index (χ2v) is 4.15. The first kappa shape index (κ1) is 14.0. The van der Waals surface area contributed by atoms with Crippen molar-refractivity contribution in [3.63, 3.8) is 0 Å². The molecule has 1 rings (SSSR count). The number of carbonyl (C=O) groups excluding carboxylic acids is 2. The Morgan fingerprint density at radius 1 is 1.39 bits per heavy atom. The third-order valence-corrected chi connectivity index (χ3v) is 2.62. The van der Waals surface area contributed by atoms with Gasteiger partial charge in [-0.1, -0.05) is 12.1 Å². The number of hydrogen-bond donors (Lipinski definition) is 2. The third-order valence-electron chi connectivity index (χ3n) is 2.62. The van der Waals surface area contributed by atoms with Gasteiger partial charge in [-0.05, 0) is 25.5 Å². The van der Waals surface area contributed by atoms with Crippen molar-refractivity contribution in [1.82, 2.24) is 10.2 Å². The highest BCUT2D eigenvalue weighted by atomic mass is 16.2. The van der Waals surface area contributed by atoms with Crippen LogP contribution in [0, 0.1) is 6.92 Å². The normalized spacial score (nSPS) is 9.94. The number of nitrogens with one attached hydrogen (secondary N) is 1. The van der Waals surface area contributed by atoms with Crippen LogP contribution in [0.3, 0.4) is 0 Å². The smallest absolute Gasteiger partial charge is 0.256 e. The van der Waals surface area contributed by atoms with Crippen LogP contribution in [0.4, 0.5) is 5.69 Å². The molecule has 0 radical (unpaired) electrons. The molecule has 0 fully saturated rings. The van der Waals surface area contributed by atoms with E-state index in [1.54, 1.807) is 19.2 Å². The van der Waals surface area contributed by atoms with Crippen molar-refractivity contribution in [3.8, 4) is 0 Å². The van der Waals surface area contributed by atoms with E-state index in [2.05, 4.69) is 5.32 Å². The maximum atomic E-state index is 12.2. The van der Waals surface area contributed by atoms with Crippen LogP contribution in [0.1, 0.15) is 22.8 Å². The van der Waals surface area contributed by atoms with Crippen LogP contribution in [0.5, 0.6) is 0 Å². The summed E-state index contributed by atoms with van der Waals surface area (Å²) in [7, 11) is 1.59. The molecule has 5 nitrogen and oxygen atoms in total. The Balaban J connectivity index is 2.84. The van der Waals surface area contributed by atoms with Crippen LogP contribution in [-0.4, -0.2) is 36.9 Å². The number of benzene rings is 1. The number of carbonyl (C=O) groups is 2. The molecule has 1 aromatic rings. The summed E-state index contributed by atoms with van der Waals surface area (Å²) in [6.45, 7) is 4.23. The zero-order valence-electron chi connectivity index (χ0n) is 11.0. The summed E-state index contributed by atoms with van der Waals surface area (Å²) in [6.07, 6.45) is 0. The van der Waals surface area contributed by atoms with Gasteiger partial charge in [0, 0.05) is 19.3 Å². The number of nitrogens with two attached hydrogens (primary N) is 1. The molecule has 0 heterocycles. The van der Waals surface area contributed by atoms with Crippen LogP contribution in [-0.2, 0) is 4.79 Å². The lowest BCUT2D eigenvalue weighted by Gasteiger charge is -2.18. The van der Waals surface area contributed by atoms with Gasteiger partial charge in [0.05, 0.1) is 12.1 Å². The first-order chi connectivity index (χ1) is 8.47. The van der Waals surface area contributed by atoms with Crippen LogP contribution >= 0.6 is 0 Å². The Hall–Kier alpha value is -2.04. The van der Waals surface area contributed by atoms with Crippen molar-refractivity contribution >= 4 is 17.5 Å². The van der Waals surface area contributed by atoms with Crippen LogP contribution in [0.2, 0.25) is 0 Å². The SMILES string of the molecule is CCNC(=O)CN(C)C(=O)c1c(C)cccc1N. The fourth-order valence-electron chi connectivity index (χ4n) is 1.71. The molecule has 0 bridgehead atoms. The fourth-order valence-corrected chi connectivity index (χ4v) is 1.71. The van der Waals surface area contributed by atoms with Crippen molar-refractivity contribution in [2.24, 2.45) is 0 Å². The fraction of sp³-hybridized carbons (Fsp3) is 0.385. The second-order valence-electron chi connectivity index (χ2n) is 4.15. The largest absolute Gasteiger partial charge is 0.398 e. The standard InChI is InChI=1S/C13H19N3O2/c1-4-15-11(17)8-16(3)13(18)12-9(2)6-5-7-10(12)14/h5-7H,4,8,14H2,1-3H3,(H,15,17). The van der Waals surface area contributed by atoms with Gasteiger partial charge < -0.3 is 16.0 Å². The van der Waals surface area contributed by atoms with Crippen LogP contribution in [0.25, 0.3) is 0 Å². The van der Waals surface area contributed by atoms with Gasteiger partial charge in [-0.2, -0.15) is 0 Å². The highest BCUT2D eigenvalue weighted by Gasteiger charge is 2.18. The molecule has 5 heteroatoms. The topological polar surface area (TPSA) is 75.4 Å². The number of hydrogen-bond acceptors (Lipinski definition) is 3. The Morgan fingerprint density at radius 3 is 2.61 bits per heavy atom. The molecular weight excluding hydrogens is 230 g/mol. The quantitative estimate of drug-likeness (QED) is 0.774. The minimum absolute atomic E-state index is 0.0282. The van der Waals surface area contributed by atoms with Gasteiger partial charge in [0.25, 0.3) is 5.91 Å². The average molecular weight is 249 g/mol. The summed E-state index contributed by atoms with van der Waals surface area (Å²) >= 11 is 0. The molecule has 0 aliphatic rings. The lowest BCUT2D eigenvalue weighted by molar-refractivity contribution is -0.121. The Morgan fingerprint density at radius 2 is 2.06 bits per heavy atom. The van der Waals surface area contributed by atoms with Gasteiger partial charge in [-0.25, -0.2) is 0 Å². The summed E-state index contributed by atoms with van der Waals surface area (Å²) < 4.78 is 0. The van der Waals surface area contributed by atoms with Crippen LogP contribution in [0.15, 0.2) is 18.2 Å². The molecule has 2 amide bonds. The molecule has 0 saturated carbocycles. The molecule has 3 N–H and O–H groups in total. The maximum absolute atomic E-state index is 12.2. The lowest BCUT2D eigenvalue weighted by Crippen LogP contribution is -2.38. The number of nitrogen functional groups attached to an aromatic ring is 1. The summed E-state index contributed by atoms with van der Waals surface area (Å²) in [5.41, 5.74) is 7.51. The van der Waals surface area contributed by atoms with E-state index in [4.69, 9.17) is 5.73 Å². The molecule has 0 aliphatic heterocycles. The lowest BCUT2D eigenvalue weighted by atomic mass is 10.1. The molecule has 0 spiro atoms. The maximum Gasteiger partial charge on any atom is 0.256 e. The molecule has 18 heavy (non-hydrogen) atoms. The summed E-state index contributed by atoms with van der Waals surface area (Å²) in [6, 6.07) is 5.30. The number of nitrogens with zero attached hydrogens (tertiary/aromatic N) is 1. The van der Waals surface area contributed by atoms with E-state index >= 15 is 0 Å². The number of rotatable bonds is 4. The molecule has 1 aromatic carbocycles.